The van der Waals surface area contributed by atoms with Gasteiger partial charge in [-0.15, -0.1) is 0 Å². The molecule has 1 fully saturated rings. The minimum absolute atomic E-state index is 0.116. The molecule has 1 aliphatic heterocycles. The zero-order valence-corrected chi connectivity index (χ0v) is 13.4. The molecule has 22 heavy (non-hydrogen) atoms. The van der Waals surface area contributed by atoms with E-state index in [4.69, 9.17) is 9.72 Å². The Kier molecular flexibility index (Phi) is 5.03. The van der Waals surface area contributed by atoms with E-state index in [1.54, 1.807) is 0 Å². The Balaban J connectivity index is 1.49. The lowest BCUT2D eigenvalue weighted by Gasteiger charge is -2.17. The fraction of sp³-hybridized carbons (Fsp3) is 0.706. The fourth-order valence-corrected chi connectivity index (χ4v) is 3.35. The van der Waals surface area contributed by atoms with Crippen LogP contribution in [0.15, 0.2) is 0 Å². The van der Waals surface area contributed by atoms with Gasteiger partial charge in [-0.1, -0.05) is 0 Å². The third-order valence-electron chi connectivity index (χ3n) is 4.61. The molecule has 0 aromatic carbocycles. The average molecular weight is 303 g/mol. The molecule has 0 radical (unpaired) electrons. The van der Waals surface area contributed by atoms with Crippen LogP contribution in [-0.2, 0) is 28.8 Å². The van der Waals surface area contributed by atoms with Crippen molar-refractivity contribution in [3.63, 3.8) is 0 Å². The molecule has 1 unspecified atom stereocenters. The number of carbonyl (C=O) groups excluding carboxylic acids is 1. The van der Waals surface area contributed by atoms with Gasteiger partial charge in [-0.2, -0.15) is 0 Å². The zero-order chi connectivity index (χ0) is 15.4. The quantitative estimate of drug-likeness (QED) is 0.900. The summed E-state index contributed by atoms with van der Waals surface area (Å²) in [6.07, 6.45) is 6.94. The molecule has 1 aliphatic carbocycles. The second-order valence-electron chi connectivity index (χ2n) is 6.39. The first kappa shape index (κ1) is 15.4. The van der Waals surface area contributed by atoms with E-state index in [0.717, 1.165) is 44.0 Å². The number of amides is 1. The van der Waals surface area contributed by atoms with Crippen molar-refractivity contribution in [2.45, 2.75) is 51.9 Å². The highest BCUT2D eigenvalue weighted by Gasteiger charge is 2.19. The van der Waals surface area contributed by atoms with Crippen LogP contribution in [0.3, 0.4) is 0 Å². The Morgan fingerprint density at radius 2 is 2.18 bits per heavy atom. The molecular weight excluding hydrogens is 278 g/mol. The highest BCUT2D eigenvalue weighted by molar-refractivity contribution is 5.76. The number of fused-ring (bicyclic) bond motifs is 1. The van der Waals surface area contributed by atoms with E-state index in [9.17, 15) is 4.79 Å². The Morgan fingerprint density at radius 3 is 3.00 bits per heavy atom. The van der Waals surface area contributed by atoms with Crippen molar-refractivity contribution in [1.29, 1.82) is 0 Å². The number of nitrogens with zero attached hydrogens (tertiary/aromatic N) is 2. The molecule has 5 nitrogen and oxygen atoms in total. The molecule has 5 heteroatoms. The van der Waals surface area contributed by atoms with E-state index in [0.29, 0.717) is 25.3 Å². The molecule has 1 saturated heterocycles. The van der Waals surface area contributed by atoms with Crippen LogP contribution in [0.25, 0.3) is 0 Å². The van der Waals surface area contributed by atoms with Crippen molar-refractivity contribution < 1.29 is 9.53 Å². The summed E-state index contributed by atoms with van der Waals surface area (Å²) < 4.78 is 5.30. The summed E-state index contributed by atoms with van der Waals surface area (Å²) in [4.78, 5) is 21.2. The minimum Gasteiger partial charge on any atom is -0.381 e. The van der Waals surface area contributed by atoms with Crippen LogP contribution in [-0.4, -0.2) is 35.6 Å². The van der Waals surface area contributed by atoms with Crippen molar-refractivity contribution >= 4 is 5.91 Å². The van der Waals surface area contributed by atoms with Gasteiger partial charge < -0.3 is 10.1 Å². The van der Waals surface area contributed by atoms with Gasteiger partial charge in [0.2, 0.25) is 5.91 Å². The minimum atomic E-state index is 0.116. The lowest BCUT2D eigenvalue weighted by atomic mass is 9.95. The maximum atomic E-state index is 11.9. The lowest BCUT2D eigenvalue weighted by molar-refractivity contribution is -0.122. The van der Waals surface area contributed by atoms with E-state index < -0.39 is 0 Å². The van der Waals surface area contributed by atoms with Gasteiger partial charge in [-0.25, -0.2) is 9.97 Å². The Hall–Kier alpha value is -1.49. The standard InChI is InChI=1S/C17H25N3O2/c1-12-14-4-2-3-5-15(14)20-16(19-12)6-8-18-17(21)10-13-7-9-22-11-13/h13H,2-11H2,1H3,(H,18,21). The lowest BCUT2D eigenvalue weighted by Crippen LogP contribution is -2.28. The number of nitrogens with one attached hydrogen (secondary N) is 1. The van der Waals surface area contributed by atoms with Crippen molar-refractivity contribution in [1.82, 2.24) is 15.3 Å². The van der Waals surface area contributed by atoms with Crippen molar-refractivity contribution in [2.75, 3.05) is 19.8 Å². The summed E-state index contributed by atoms with van der Waals surface area (Å²) in [6.45, 7) is 4.21. The number of aryl methyl sites for hydroxylation is 2. The summed E-state index contributed by atoms with van der Waals surface area (Å²) in [5.74, 6) is 1.37. The maximum Gasteiger partial charge on any atom is 0.220 e. The van der Waals surface area contributed by atoms with Gasteiger partial charge in [-0.05, 0) is 50.5 Å². The third kappa shape index (κ3) is 3.83. The summed E-state index contributed by atoms with van der Waals surface area (Å²) in [6, 6.07) is 0. The molecule has 0 spiro atoms. The normalized spacial score (nSPS) is 20.7. The molecule has 1 aromatic rings. The average Bonchev–Trinajstić information content (AvgIpc) is 3.00. The van der Waals surface area contributed by atoms with Crippen molar-refractivity contribution in [3.05, 3.63) is 22.8 Å². The number of carbonyl (C=O) groups is 1. The first-order chi connectivity index (χ1) is 10.7. The topological polar surface area (TPSA) is 64.1 Å². The van der Waals surface area contributed by atoms with E-state index in [1.807, 2.05) is 0 Å². The van der Waals surface area contributed by atoms with Crippen LogP contribution >= 0.6 is 0 Å². The fourth-order valence-electron chi connectivity index (χ4n) is 3.35. The number of hydrogen-bond acceptors (Lipinski definition) is 4. The van der Waals surface area contributed by atoms with Gasteiger partial charge in [0.05, 0.1) is 0 Å². The van der Waals surface area contributed by atoms with Gasteiger partial charge in [0.15, 0.2) is 0 Å². The van der Waals surface area contributed by atoms with Crippen LogP contribution < -0.4 is 5.32 Å². The van der Waals surface area contributed by atoms with E-state index in [2.05, 4.69) is 17.2 Å². The van der Waals surface area contributed by atoms with Crippen molar-refractivity contribution in [3.8, 4) is 0 Å². The highest BCUT2D eigenvalue weighted by atomic mass is 16.5. The summed E-state index contributed by atoms with van der Waals surface area (Å²) in [5.41, 5.74) is 3.69. The molecule has 0 bridgehead atoms. The number of rotatable bonds is 5. The van der Waals surface area contributed by atoms with Crippen LogP contribution in [0.1, 0.15) is 48.5 Å². The molecule has 1 aromatic heterocycles. The predicted octanol–water partition coefficient (Wildman–Crippen LogP) is 1.75. The Bertz CT molecular complexity index is 539. The predicted molar refractivity (Wildman–Crippen MR) is 83.7 cm³/mol. The van der Waals surface area contributed by atoms with Gasteiger partial charge in [-0.3, -0.25) is 4.79 Å². The highest BCUT2D eigenvalue weighted by Crippen LogP contribution is 2.21. The van der Waals surface area contributed by atoms with Crippen molar-refractivity contribution in [2.24, 2.45) is 5.92 Å². The Morgan fingerprint density at radius 1 is 1.32 bits per heavy atom. The maximum absolute atomic E-state index is 11.9. The molecule has 3 rings (SSSR count). The Labute approximate surface area is 131 Å². The summed E-state index contributed by atoms with van der Waals surface area (Å²) in [7, 11) is 0. The smallest absolute Gasteiger partial charge is 0.220 e. The molecule has 120 valence electrons. The molecule has 2 aliphatic rings. The first-order valence-corrected chi connectivity index (χ1v) is 8.42. The molecule has 0 saturated carbocycles. The van der Waals surface area contributed by atoms with Gasteiger partial charge in [0.1, 0.15) is 5.82 Å². The number of hydrogen-bond donors (Lipinski definition) is 1. The van der Waals surface area contributed by atoms with Crippen LogP contribution in [0, 0.1) is 12.8 Å². The first-order valence-electron chi connectivity index (χ1n) is 8.42. The SMILES string of the molecule is Cc1nc(CCNC(=O)CC2CCOC2)nc2c1CCCC2. The van der Waals surface area contributed by atoms with E-state index in [1.165, 1.54) is 24.1 Å². The van der Waals surface area contributed by atoms with Crippen LogP contribution in [0.5, 0.6) is 0 Å². The third-order valence-corrected chi connectivity index (χ3v) is 4.61. The molecule has 1 N–H and O–H groups in total. The zero-order valence-electron chi connectivity index (χ0n) is 13.4. The van der Waals surface area contributed by atoms with Gasteiger partial charge in [0.25, 0.3) is 0 Å². The molecule has 1 amide bonds. The van der Waals surface area contributed by atoms with E-state index >= 15 is 0 Å². The molecular formula is C17H25N3O2. The number of aromatic nitrogens is 2. The van der Waals surface area contributed by atoms with Gasteiger partial charge in [0, 0.05) is 44.0 Å². The molecule has 2 heterocycles. The number of ether oxygens (including phenoxy) is 1. The van der Waals surface area contributed by atoms with Gasteiger partial charge >= 0.3 is 0 Å². The second-order valence-corrected chi connectivity index (χ2v) is 6.39. The molecule has 1 atom stereocenters. The summed E-state index contributed by atoms with van der Waals surface area (Å²) in [5, 5.41) is 2.98. The monoisotopic (exact) mass is 303 g/mol. The van der Waals surface area contributed by atoms with E-state index in [-0.39, 0.29) is 5.91 Å². The van der Waals surface area contributed by atoms with Crippen LogP contribution in [0.4, 0.5) is 0 Å². The largest absolute Gasteiger partial charge is 0.381 e. The summed E-state index contributed by atoms with van der Waals surface area (Å²) >= 11 is 0. The second kappa shape index (κ2) is 7.18. The van der Waals surface area contributed by atoms with Crippen LogP contribution in [0.2, 0.25) is 0 Å².